The molecule has 0 fully saturated rings. The summed E-state index contributed by atoms with van der Waals surface area (Å²) in [5.41, 5.74) is 2.67. The van der Waals surface area contributed by atoms with Crippen LogP contribution in [0.2, 0.25) is 0 Å². The molecule has 2 aliphatic carbocycles. The number of thiophene rings is 2. The zero-order valence-corrected chi connectivity index (χ0v) is 26.3. The molecule has 0 amide bonds. The smallest absolute Gasteiger partial charge is 0.197 e. The molecule has 234 valence electrons. The summed E-state index contributed by atoms with van der Waals surface area (Å²) in [5.74, 6) is -7.35. The van der Waals surface area contributed by atoms with Crippen molar-refractivity contribution in [2.45, 2.75) is 0 Å². The molecule has 0 bridgehead atoms. The number of hydrogen-bond donors (Lipinski definition) is 0. The number of fused-ring (bicyclic) bond motifs is 8. The van der Waals surface area contributed by atoms with E-state index in [0.29, 0.717) is 9.75 Å². The third kappa shape index (κ3) is 3.72. The number of aromatic nitrogens is 2. The molecule has 0 saturated heterocycles. The van der Waals surface area contributed by atoms with Crippen molar-refractivity contribution in [3.8, 4) is 0 Å². The average Bonchev–Trinajstić information content (AvgIpc) is 3.86. The second kappa shape index (κ2) is 9.55. The molecule has 4 aromatic heterocycles. The van der Waals surface area contributed by atoms with Gasteiger partial charge in [-0.3, -0.25) is 19.2 Å². The first kappa shape index (κ1) is 28.7. The van der Waals surface area contributed by atoms with Crippen LogP contribution in [0.25, 0.3) is 54.4 Å². The quantitative estimate of drug-likeness (QED) is 0.104. The van der Waals surface area contributed by atoms with Crippen LogP contribution in [0.3, 0.4) is 0 Å². The molecule has 3 aromatic carbocycles. The Labute approximate surface area is 274 Å². The number of hydrogen-bond acceptors (Lipinski definition) is 6. The van der Waals surface area contributed by atoms with Crippen molar-refractivity contribution in [2.24, 2.45) is 14.1 Å². The number of ketones is 4. The van der Waals surface area contributed by atoms with E-state index in [0.717, 1.165) is 66.5 Å². The van der Waals surface area contributed by atoms with Crippen molar-refractivity contribution in [3.05, 3.63) is 115 Å². The van der Waals surface area contributed by atoms with Gasteiger partial charge < -0.3 is 9.13 Å². The van der Waals surface area contributed by atoms with Crippen LogP contribution in [-0.4, -0.2) is 32.3 Å². The molecule has 0 aliphatic heterocycles. The van der Waals surface area contributed by atoms with Gasteiger partial charge in [0.15, 0.2) is 46.4 Å². The number of rotatable bonds is 2. The number of aryl methyl sites for hydroxylation is 2. The molecule has 9 rings (SSSR count). The lowest BCUT2D eigenvalue weighted by Crippen LogP contribution is -1.99. The third-order valence-corrected chi connectivity index (χ3v) is 11.4. The average molecular weight is 681 g/mol. The normalized spacial score (nSPS) is 14.5. The highest BCUT2D eigenvalue weighted by Crippen LogP contribution is 2.43. The van der Waals surface area contributed by atoms with Crippen LogP contribution in [0, 0.1) is 23.3 Å². The van der Waals surface area contributed by atoms with Gasteiger partial charge >= 0.3 is 0 Å². The van der Waals surface area contributed by atoms with Gasteiger partial charge in [0.1, 0.15) is 0 Å². The lowest BCUT2D eigenvalue weighted by atomic mass is 10.1. The zero-order chi connectivity index (χ0) is 33.5. The zero-order valence-electron chi connectivity index (χ0n) is 24.6. The number of halogens is 4. The molecule has 0 saturated carbocycles. The Bertz CT molecular complexity index is 2550. The molecule has 6 nitrogen and oxygen atoms in total. The van der Waals surface area contributed by atoms with E-state index in [4.69, 9.17) is 0 Å². The van der Waals surface area contributed by atoms with Crippen molar-refractivity contribution in [2.75, 3.05) is 0 Å². The number of allylic oxidation sites excluding steroid dienone is 2. The maximum Gasteiger partial charge on any atom is 0.197 e. The Morgan fingerprint density at radius 1 is 0.479 bits per heavy atom. The fourth-order valence-electron chi connectivity index (χ4n) is 6.76. The maximum atomic E-state index is 13.8. The van der Waals surface area contributed by atoms with E-state index in [1.807, 2.05) is 35.4 Å². The molecule has 0 atom stereocenters. The molecule has 0 radical (unpaired) electrons. The predicted octanol–water partition coefficient (Wildman–Crippen LogP) is 8.58. The molecule has 2 aliphatic rings. The van der Waals surface area contributed by atoms with E-state index in [1.54, 1.807) is 0 Å². The molecule has 0 spiro atoms. The first-order chi connectivity index (χ1) is 22.9. The number of carbonyl (C=O) groups excluding carboxylic acids is 4. The number of carbonyl (C=O) groups is 4. The van der Waals surface area contributed by atoms with Crippen molar-refractivity contribution >= 4 is 100 Å². The van der Waals surface area contributed by atoms with Crippen LogP contribution < -0.4 is 0 Å². The highest BCUT2D eigenvalue weighted by Gasteiger charge is 2.36. The van der Waals surface area contributed by atoms with Crippen LogP contribution in [0.5, 0.6) is 0 Å². The largest absolute Gasteiger partial charge is 0.343 e. The highest BCUT2D eigenvalue weighted by atomic mass is 32.1. The van der Waals surface area contributed by atoms with Gasteiger partial charge in [0.05, 0.1) is 42.6 Å². The second-order valence-corrected chi connectivity index (χ2v) is 14.0. The SMILES string of the molecule is Cn1c2cc3c4sc(C=C5C(=O)c6cc(F)c(F)cc6C5=O)cc4n(C)c3cc2c2sc(C=C3C(=O)c4cc(F)c(F)cc4C3=O)cc21. The van der Waals surface area contributed by atoms with Crippen LogP contribution >= 0.6 is 22.7 Å². The molecule has 4 heterocycles. The van der Waals surface area contributed by atoms with Gasteiger partial charge in [0.25, 0.3) is 0 Å². The predicted molar refractivity (Wildman–Crippen MR) is 176 cm³/mol. The summed E-state index contributed by atoms with van der Waals surface area (Å²) in [5, 5.41) is 1.89. The molecular weight excluding hydrogens is 665 g/mol. The van der Waals surface area contributed by atoms with Crippen LogP contribution in [0.1, 0.15) is 51.2 Å². The molecular formula is C36H16F4N2O4S2. The topological polar surface area (TPSA) is 78.1 Å². The fourth-order valence-corrected chi connectivity index (χ4v) is 9.07. The third-order valence-electron chi connectivity index (χ3n) is 9.16. The van der Waals surface area contributed by atoms with Crippen molar-refractivity contribution in [3.63, 3.8) is 0 Å². The van der Waals surface area contributed by atoms with Crippen LogP contribution in [0.15, 0.2) is 59.7 Å². The first-order valence-electron chi connectivity index (χ1n) is 14.5. The lowest BCUT2D eigenvalue weighted by molar-refractivity contribution is 0.0975. The Hall–Kier alpha value is -5.46. The molecule has 7 aromatic rings. The van der Waals surface area contributed by atoms with E-state index in [-0.39, 0.29) is 33.4 Å². The van der Waals surface area contributed by atoms with Gasteiger partial charge in [-0.15, -0.1) is 22.7 Å². The van der Waals surface area contributed by atoms with Gasteiger partial charge in [-0.1, -0.05) is 0 Å². The minimum absolute atomic E-state index is 0.147. The Balaban J connectivity index is 1.12. The summed E-state index contributed by atoms with van der Waals surface area (Å²) in [4.78, 5) is 53.0. The van der Waals surface area contributed by atoms with E-state index in [9.17, 15) is 36.7 Å². The van der Waals surface area contributed by atoms with E-state index in [2.05, 4.69) is 12.1 Å². The first-order valence-corrected chi connectivity index (χ1v) is 16.1. The summed E-state index contributed by atoms with van der Waals surface area (Å²) >= 11 is 2.78. The minimum Gasteiger partial charge on any atom is -0.343 e. The fraction of sp³-hybridized carbons (Fsp3) is 0.0556. The maximum absolute atomic E-state index is 13.8. The molecule has 48 heavy (non-hydrogen) atoms. The molecule has 12 heteroatoms. The highest BCUT2D eigenvalue weighted by molar-refractivity contribution is 7.21. The summed E-state index contributed by atoms with van der Waals surface area (Å²) in [6.07, 6.45) is 2.94. The summed E-state index contributed by atoms with van der Waals surface area (Å²) in [6, 6.07) is 10.9. The van der Waals surface area contributed by atoms with Crippen molar-refractivity contribution in [1.29, 1.82) is 0 Å². The standard InChI is InChI=1S/C36H16F4N2O4S2/c1-41-27-11-20-28(42(2)30-6-14(48-36(20)30)4-22-33(45)17-9-25(39)26(40)10-18(17)34(22)46)12-19(27)35-29(41)5-13(47-35)3-21-31(43)15-7-23(37)24(38)8-16(15)32(21)44/h3-12H,1-2H3. The summed E-state index contributed by atoms with van der Waals surface area (Å²) in [6.45, 7) is 0. The van der Waals surface area contributed by atoms with Gasteiger partial charge in [-0.2, -0.15) is 0 Å². The Morgan fingerprint density at radius 3 is 1.10 bits per heavy atom. The Kier molecular flexibility index (Phi) is 5.72. The second-order valence-electron chi connectivity index (χ2n) is 11.8. The van der Waals surface area contributed by atoms with Crippen LogP contribution in [0.4, 0.5) is 17.6 Å². The van der Waals surface area contributed by atoms with Crippen molar-refractivity contribution in [1.82, 2.24) is 9.13 Å². The van der Waals surface area contributed by atoms with Crippen LogP contribution in [-0.2, 0) is 14.1 Å². The van der Waals surface area contributed by atoms with Gasteiger partial charge in [-0.25, -0.2) is 17.6 Å². The van der Waals surface area contributed by atoms with E-state index in [1.165, 1.54) is 34.8 Å². The monoisotopic (exact) mass is 680 g/mol. The summed E-state index contributed by atoms with van der Waals surface area (Å²) in [7, 11) is 3.80. The number of benzene rings is 3. The van der Waals surface area contributed by atoms with Gasteiger partial charge in [0.2, 0.25) is 0 Å². The lowest BCUT2D eigenvalue weighted by Gasteiger charge is -2.01. The molecule has 0 N–H and O–H groups in total. The number of nitrogens with zero attached hydrogens (tertiary/aromatic N) is 2. The van der Waals surface area contributed by atoms with E-state index >= 15 is 0 Å². The van der Waals surface area contributed by atoms with E-state index < -0.39 is 46.4 Å². The van der Waals surface area contributed by atoms with Crippen molar-refractivity contribution < 1.29 is 36.7 Å². The van der Waals surface area contributed by atoms with Gasteiger partial charge in [-0.05, 0) is 60.7 Å². The molecule has 0 unspecified atom stereocenters. The minimum atomic E-state index is -1.19. The number of Topliss-reactive ketones (excluding diaryl/α,β-unsaturated/α-hetero) is 4. The van der Waals surface area contributed by atoms with Gasteiger partial charge in [0, 0.05) is 56.9 Å². The summed E-state index contributed by atoms with van der Waals surface area (Å²) < 4.78 is 61.0. The Morgan fingerprint density at radius 2 is 0.792 bits per heavy atom.